The van der Waals surface area contributed by atoms with Crippen LogP contribution in [-0.2, 0) is 24.1 Å². The molecule has 1 heterocycles. The molecule has 1 aliphatic rings. The third-order valence-electron chi connectivity index (χ3n) is 4.65. The lowest BCUT2D eigenvalue weighted by atomic mass is 10.0. The highest BCUT2D eigenvalue weighted by atomic mass is 35.5. The average molecular weight is 496 g/mol. The number of benzene rings is 2. The molecule has 31 heavy (non-hydrogen) atoms. The number of hydrogen-bond acceptors (Lipinski definition) is 7. The second kappa shape index (κ2) is 9.37. The molecule has 2 aromatic rings. The normalized spacial score (nSPS) is 19.0. The van der Waals surface area contributed by atoms with Crippen molar-refractivity contribution in [3.8, 4) is 5.75 Å². The Hall–Kier alpha value is -1.79. The number of fused-ring (bicyclic) bond motifs is 1. The second-order valence-corrected chi connectivity index (χ2v) is 11.1. The van der Waals surface area contributed by atoms with Gasteiger partial charge in [0.2, 0.25) is 0 Å². The number of ether oxygens (including phenoxy) is 1. The van der Waals surface area contributed by atoms with Crippen LogP contribution in [0.3, 0.4) is 0 Å². The lowest BCUT2D eigenvalue weighted by Crippen LogP contribution is -2.46. The Kier molecular flexibility index (Phi) is 7.21. The maximum Gasteiger partial charge on any atom is 0.264 e. The summed E-state index contributed by atoms with van der Waals surface area (Å²) < 4.78 is 87.9. The largest absolute Gasteiger partial charge is 0.488 e. The van der Waals surface area contributed by atoms with Gasteiger partial charge in [-0.2, -0.15) is 8.42 Å². The van der Waals surface area contributed by atoms with E-state index in [1.165, 1.54) is 24.3 Å². The van der Waals surface area contributed by atoms with Crippen molar-refractivity contribution in [2.45, 2.75) is 22.6 Å². The average Bonchev–Trinajstić information content (AvgIpc) is 2.69. The zero-order valence-corrected chi connectivity index (χ0v) is 18.7. The molecule has 3 rings (SSSR count). The Labute approximate surface area is 184 Å². The van der Waals surface area contributed by atoms with E-state index in [0.717, 1.165) is 18.4 Å². The van der Waals surface area contributed by atoms with Gasteiger partial charge in [-0.05, 0) is 49.4 Å². The van der Waals surface area contributed by atoms with Gasteiger partial charge in [0, 0.05) is 5.02 Å². The van der Waals surface area contributed by atoms with Crippen LogP contribution in [0.4, 0.5) is 8.78 Å². The molecular formula is C19H20ClF2NO6S2. The van der Waals surface area contributed by atoms with Crippen LogP contribution >= 0.6 is 11.6 Å². The van der Waals surface area contributed by atoms with Crippen LogP contribution in [0.15, 0.2) is 41.3 Å². The fourth-order valence-corrected chi connectivity index (χ4v) is 5.79. The first-order valence-electron chi connectivity index (χ1n) is 9.18. The van der Waals surface area contributed by atoms with Crippen molar-refractivity contribution >= 4 is 31.6 Å². The smallest absolute Gasteiger partial charge is 0.264 e. The number of nitrogens with one attached hydrogen (secondary N) is 1. The SMILES string of the molecule is CS(=O)(=O)OCCCN[C@@H]1COc2c(F)ccc(F)c2[C@H]1S(=O)(=O)c1ccc(Cl)cc1. The summed E-state index contributed by atoms with van der Waals surface area (Å²) >= 11 is 5.84. The van der Waals surface area contributed by atoms with Gasteiger partial charge in [0.1, 0.15) is 17.7 Å². The first kappa shape index (κ1) is 23.9. The Morgan fingerprint density at radius 1 is 1.10 bits per heavy atom. The van der Waals surface area contributed by atoms with Crippen molar-refractivity contribution in [1.82, 2.24) is 5.32 Å². The molecule has 0 spiro atoms. The monoisotopic (exact) mass is 495 g/mol. The maximum atomic E-state index is 14.7. The minimum absolute atomic E-state index is 0.106. The number of hydrogen-bond donors (Lipinski definition) is 1. The molecule has 12 heteroatoms. The molecule has 7 nitrogen and oxygen atoms in total. The van der Waals surface area contributed by atoms with E-state index < -0.39 is 54.2 Å². The highest BCUT2D eigenvalue weighted by Crippen LogP contribution is 2.43. The Bertz CT molecular complexity index is 1160. The molecule has 0 amide bonds. The first-order valence-corrected chi connectivity index (χ1v) is 12.9. The van der Waals surface area contributed by atoms with Crippen LogP contribution in [0.1, 0.15) is 17.2 Å². The number of rotatable bonds is 8. The van der Waals surface area contributed by atoms with Gasteiger partial charge in [-0.3, -0.25) is 4.18 Å². The van der Waals surface area contributed by atoms with Gasteiger partial charge in [0.05, 0.1) is 29.4 Å². The van der Waals surface area contributed by atoms with Crippen molar-refractivity contribution in [2.24, 2.45) is 0 Å². The maximum absolute atomic E-state index is 14.7. The summed E-state index contributed by atoms with van der Waals surface area (Å²) in [6, 6.07) is 6.16. The molecule has 0 unspecified atom stereocenters. The zero-order chi connectivity index (χ0) is 22.8. The Morgan fingerprint density at radius 3 is 2.39 bits per heavy atom. The molecule has 1 N–H and O–H groups in total. The quantitative estimate of drug-likeness (QED) is 0.444. The molecule has 2 aromatic carbocycles. The number of halogens is 3. The fourth-order valence-electron chi connectivity index (χ4n) is 3.30. The summed E-state index contributed by atoms with van der Waals surface area (Å²) in [6.07, 6.45) is 1.15. The Morgan fingerprint density at radius 2 is 1.74 bits per heavy atom. The molecule has 0 saturated heterocycles. The third kappa shape index (κ3) is 5.53. The standard InChI is InChI=1S/C19H20ClF2NO6S2/c1-30(24,25)29-10-2-9-23-16-11-28-18-15(22)8-7-14(21)17(18)19(16)31(26,27)13-5-3-12(20)4-6-13/h3-8,16,19,23H,2,9-11H2,1H3/t16-,19+/m1/s1. The molecule has 2 atom stereocenters. The van der Waals surface area contributed by atoms with Crippen molar-refractivity contribution in [2.75, 3.05) is 26.0 Å². The Balaban J connectivity index is 1.93. The summed E-state index contributed by atoms with van der Waals surface area (Å²) in [7, 11) is -7.79. The highest BCUT2D eigenvalue weighted by Gasteiger charge is 2.44. The van der Waals surface area contributed by atoms with Crippen LogP contribution in [0, 0.1) is 11.6 Å². The van der Waals surface area contributed by atoms with E-state index in [1.807, 2.05) is 0 Å². The van der Waals surface area contributed by atoms with E-state index in [9.17, 15) is 25.6 Å². The van der Waals surface area contributed by atoms with E-state index in [1.54, 1.807) is 0 Å². The molecule has 1 aliphatic heterocycles. The van der Waals surface area contributed by atoms with Crippen LogP contribution < -0.4 is 10.1 Å². The van der Waals surface area contributed by atoms with E-state index >= 15 is 0 Å². The van der Waals surface area contributed by atoms with Crippen LogP contribution in [0.2, 0.25) is 5.02 Å². The minimum Gasteiger partial charge on any atom is -0.488 e. The molecular weight excluding hydrogens is 476 g/mol. The summed E-state index contributed by atoms with van der Waals surface area (Å²) in [6.45, 7) is -0.201. The van der Waals surface area contributed by atoms with Gasteiger partial charge in [-0.15, -0.1) is 0 Å². The molecule has 0 bridgehead atoms. The van der Waals surface area contributed by atoms with Gasteiger partial charge in [-0.1, -0.05) is 11.6 Å². The summed E-state index contributed by atoms with van der Waals surface area (Å²) in [5.74, 6) is -2.22. The lowest BCUT2D eigenvalue weighted by molar-refractivity contribution is 0.216. The van der Waals surface area contributed by atoms with Gasteiger partial charge in [0.15, 0.2) is 21.4 Å². The predicted octanol–water partition coefficient (Wildman–Crippen LogP) is 2.85. The van der Waals surface area contributed by atoms with Gasteiger partial charge >= 0.3 is 0 Å². The molecule has 170 valence electrons. The van der Waals surface area contributed by atoms with Gasteiger partial charge in [0.25, 0.3) is 10.1 Å². The van der Waals surface area contributed by atoms with Crippen LogP contribution in [-0.4, -0.2) is 48.9 Å². The molecule has 0 aromatic heterocycles. The lowest BCUT2D eigenvalue weighted by Gasteiger charge is -2.34. The van der Waals surface area contributed by atoms with E-state index in [-0.39, 0.29) is 31.1 Å². The summed E-state index contributed by atoms with van der Waals surface area (Å²) in [5.41, 5.74) is -0.397. The second-order valence-electron chi connectivity index (χ2n) is 6.94. The summed E-state index contributed by atoms with van der Waals surface area (Å²) in [4.78, 5) is -0.106. The van der Waals surface area contributed by atoms with Gasteiger partial charge < -0.3 is 10.1 Å². The fraction of sp³-hybridized carbons (Fsp3) is 0.368. The first-order chi connectivity index (χ1) is 14.5. The number of sulfone groups is 1. The van der Waals surface area contributed by atoms with Crippen LogP contribution in [0.25, 0.3) is 0 Å². The van der Waals surface area contributed by atoms with Crippen molar-refractivity contribution in [3.63, 3.8) is 0 Å². The van der Waals surface area contributed by atoms with E-state index in [4.69, 9.17) is 16.3 Å². The highest BCUT2D eigenvalue weighted by molar-refractivity contribution is 7.91. The molecule has 0 fully saturated rings. The van der Waals surface area contributed by atoms with Crippen LogP contribution in [0.5, 0.6) is 5.75 Å². The van der Waals surface area contributed by atoms with Gasteiger partial charge in [-0.25, -0.2) is 17.2 Å². The van der Waals surface area contributed by atoms with Crippen molar-refractivity contribution < 1.29 is 34.5 Å². The van der Waals surface area contributed by atoms with E-state index in [2.05, 4.69) is 9.50 Å². The topological polar surface area (TPSA) is 98.8 Å². The predicted molar refractivity (Wildman–Crippen MR) is 110 cm³/mol. The molecule has 0 aliphatic carbocycles. The van der Waals surface area contributed by atoms with Crippen molar-refractivity contribution in [3.05, 3.63) is 58.6 Å². The minimum atomic E-state index is -4.18. The molecule has 0 saturated carbocycles. The zero-order valence-electron chi connectivity index (χ0n) is 16.3. The van der Waals surface area contributed by atoms with E-state index in [0.29, 0.717) is 5.02 Å². The molecule has 0 radical (unpaired) electrons. The van der Waals surface area contributed by atoms with Crippen molar-refractivity contribution in [1.29, 1.82) is 0 Å². The summed E-state index contributed by atoms with van der Waals surface area (Å²) in [5, 5.41) is 1.78. The third-order valence-corrected chi connectivity index (χ3v) is 7.66.